The minimum absolute atomic E-state index is 0.113. The third-order valence-electron chi connectivity index (χ3n) is 5.38. The Hall–Kier alpha value is -1.10. The van der Waals surface area contributed by atoms with E-state index in [0.717, 1.165) is 44.4 Å². The van der Waals surface area contributed by atoms with E-state index in [1.165, 1.54) is 44.9 Å². The highest BCUT2D eigenvalue weighted by Crippen LogP contribution is 2.14. The van der Waals surface area contributed by atoms with Crippen LogP contribution in [0.5, 0.6) is 0 Å². The first kappa shape index (κ1) is 27.9. The van der Waals surface area contributed by atoms with Crippen molar-refractivity contribution in [3.63, 3.8) is 0 Å². The molecule has 1 unspecified atom stereocenters. The zero-order valence-electron chi connectivity index (χ0n) is 19.3. The number of ether oxygens (including phenoxy) is 2. The van der Waals surface area contributed by atoms with Crippen molar-refractivity contribution in [3.05, 3.63) is 0 Å². The smallest absolute Gasteiger partial charge is 0.305 e. The molecule has 0 aromatic heterocycles. The summed E-state index contributed by atoms with van der Waals surface area (Å²) in [6, 6.07) is 0. The second-order valence-corrected chi connectivity index (χ2v) is 8.36. The van der Waals surface area contributed by atoms with Gasteiger partial charge in [-0.3, -0.25) is 9.59 Å². The molecule has 0 amide bonds. The van der Waals surface area contributed by atoms with Crippen LogP contribution in [0.1, 0.15) is 117 Å². The quantitative estimate of drug-likeness (QED) is 0.196. The molecule has 0 saturated carbocycles. The fourth-order valence-electron chi connectivity index (χ4n) is 3.12. The van der Waals surface area contributed by atoms with Gasteiger partial charge >= 0.3 is 11.9 Å². The summed E-state index contributed by atoms with van der Waals surface area (Å²) < 4.78 is 10.1. The Balaban J connectivity index is 3.49. The fourth-order valence-corrected chi connectivity index (χ4v) is 3.12. The lowest BCUT2D eigenvalue weighted by atomic mass is 10.00. The Morgan fingerprint density at radius 3 is 1.66 bits per heavy atom. The minimum atomic E-state index is -0.950. The maximum atomic E-state index is 11.7. The fraction of sp³-hybridized carbons (Fsp3) is 0.917. The first-order valence-corrected chi connectivity index (χ1v) is 12.0. The van der Waals surface area contributed by atoms with Gasteiger partial charge in [-0.15, -0.1) is 0 Å². The Kier molecular flexibility index (Phi) is 19.4. The predicted octanol–water partition coefficient (Wildman–Crippen LogP) is 5.96. The Morgan fingerprint density at radius 1 is 0.724 bits per heavy atom. The zero-order chi connectivity index (χ0) is 21.7. The number of aliphatic hydroxyl groups is 1. The van der Waals surface area contributed by atoms with Crippen LogP contribution in [0.4, 0.5) is 0 Å². The largest absolute Gasteiger partial charge is 0.463 e. The summed E-state index contributed by atoms with van der Waals surface area (Å²) in [6.07, 6.45) is 14.6. The van der Waals surface area contributed by atoms with Crippen molar-refractivity contribution in [1.82, 2.24) is 0 Å². The SMILES string of the molecule is CCCCCCCC(=O)OC[C@H](O)COC(=O)CCCCCCCCC(C)CC. The average Bonchev–Trinajstić information content (AvgIpc) is 2.72. The monoisotopic (exact) mass is 414 g/mol. The Bertz CT molecular complexity index is 397. The van der Waals surface area contributed by atoms with Crippen LogP contribution in [0.3, 0.4) is 0 Å². The Morgan fingerprint density at radius 2 is 1.17 bits per heavy atom. The van der Waals surface area contributed by atoms with Gasteiger partial charge in [-0.25, -0.2) is 0 Å². The van der Waals surface area contributed by atoms with Gasteiger partial charge in [0.1, 0.15) is 19.3 Å². The molecule has 0 aliphatic rings. The van der Waals surface area contributed by atoms with Crippen molar-refractivity contribution in [2.24, 2.45) is 5.92 Å². The van der Waals surface area contributed by atoms with Crippen LogP contribution in [0.2, 0.25) is 0 Å². The van der Waals surface area contributed by atoms with E-state index in [0.29, 0.717) is 12.8 Å². The molecule has 5 heteroatoms. The topological polar surface area (TPSA) is 72.8 Å². The molecular formula is C24H46O5. The van der Waals surface area contributed by atoms with Gasteiger partial charge in [-0.05, 0) is 18.8 Å². The van der Waals surface area contributed by atoms with E-state index in [2.05, 4.69) is 20.8 Å². The Labute approximate surface area is 178 Å². The van der Waals surface area contributed by atoms with Crippen LogP contribution >= 0.6 is 0 Å². The van der Waals surface area contributed by atoms with Crippen molar-refractivity contribution in [1.29, 1.82) is 0 Å². The molecule has 0 aromatic rings. The summed E-state index contributed by atoms with van der Waals surface area (Å²) >= 11 is 0. The van der Waals surface area contributed by atoms with Gasteiger partial charge in [0.2, 0.25) is 0 Å². The standard InChI is InChI=1S/C24H46O5/c1-4-6-7-10-14-17-23(26)28-19-22(25)20-29-24(27)18-15-12-9-8-11-13-16-21(3)5-2/h21-22,25H,4-20H2,1-3H3/t21?,22-/m0/s1. The van der Waals surface area contributed by atoms with E-state index in [-0.39, 0.29) is 25.2 Å². The summed E-state index contributed by atoms with van der Waals surface area (Å²) in [5, 5.41) is 9.78. The molecule has 0 radical (unpaired) electrons. The summed E-state index contributed by atoms with van der Waals surface area (Å²) in [5.41, 5.74) is 0. The first-order valence-electron chi connectivity index (χ1n) is 12.0. The molecular weight excluding hydrogens is 368 g/mol. The molecule has 0 aliphatic heterocycles. The molecule has 172 valence electrons. The molecule has 2 atom stereocenters. The molecule has 0 rings (SSSR count). The maximum Gasteiger partial charge on any atom is 0.305 e. The molecule has 0 fully saturated rings. The summed E-state index contributed by atoms with van der Waals surface area (Å²) in [6.45, 7) is 6.48. The number of esters is 2. The van der Waals surface area contributed by atoms with Crippen LogP contribution in [-0.4, -0.2) is 36.4 Å². The number of unbranched alkanes of at least 4 members (excludes halogenated alkanes) is 9. The maximum absolute atomic E-state index is 11.7. The number of hydrogen-bond donors (Lipinski definition) is 1. The lowest BCUT2D eigenvalue weighted by Gasteiger charge is -2.12. The second kappa shape index (κ2) is 20.2. The number of hydrogen-bond acceptors (Lipinski definition) is 5. The van der Waals surface area contributed by atoms with E-state index in [1.807, 2.05) is 0 Å². The van der Waals surface area contributed by atoms with Crippen molar-refractivity contribution >= 4 is 11.9 Å². The van der Waals surface area contributed by atoms with Gasteiger partial charge in [0, 0.05) is 12.8 Å². The number of carbonyl (C=O) groups excluding carboxylic acids is 2. The van der Waals surface area contributed by atoms with Crippen molar-refractivity contribution in [2.75, 3.05) is 13.2 Å². The molecule has 5 nitrogen and oxygen atoms in total. The van der Waals surface area contributed by atoms with Gasteiger partial charge in [0.25, 0.3) is 0 Å². The van der Waals surface area contributed by atoms with Crippen molar-refractivity contribution in [3.8, 4) is 0 Å². The lowest BCUT2D eigenvalue weighted by Crippen LogP contribution is -2.25. The third kappa shape index (κ3) is 20.0. The van der Waals surface area contributed by atoms with E-state index in [9.17, 15) is 14.7 Å². The second-order valence-electron chi connectivity index (χ2n) is 8.36. The van der Waals surface area contributed by atoms with Gasteiger partial charge in [0.05, 0.1) is 0 Å². The average molecular weight is 415 g/mol. The molecule has 0 saturated heterocycles. The van der Waals surface area contributed by atoms with Crippen LogP contribution < -0.4 is 0 Å². The molecule has 0 spiro atoms. The van der Waals surface area contributed by atoms with Crippen molar-refractivity contribution < 1.29 is 24.2 Å². The summed E-state index contributed by atoms with van der Waals surface area (Å²) in [7, 11) is 0. The molecule has 0 aromatic carbocycles. The first-order chi connectivity index (χ1) is 14.0. The van der Waals surface area contributed by atoms with Crippen LogP contribution in [0.25, 0.3) is 0 Å². The minimum Gasteiger partial charge on any atom is -0.463 e. The molecule has 0 aliphatic carbocycles. The lowest BCUT2D eigenvalue weighted by molar-refractivity contribution is -0.152. The number of rotatable bonds is 20. The van der Waals surface area contributed by atoms with Gasteiger partial charge in [-0.1, -0.05) is 91.4 Å². The summed E-state index contributed by atoms with van der Waals surface area (Å²) in [4.78, 5) is 23.3. The van der Waals surface area contributed by atoms with Crippen molar-refractivity contribution in [2.45, 2.75) is 123 Å². The normalized spacial score (nSPS) is 13.1. The van der Waals surface area contributed by atoms with E-state index >= 15 is 0 Å². The van der Waals surface area contributed by atoms with E-state index in [4.69, 9.17) is 9.47 Å². The number of aliphatic hydroxyl groups excluding tert-OH is 1. The van der Waals surface area contributed by atoms with Gasteiger partial charge < -0.3 is 14.6 Å². The highest BCUT2D eigenvalue weighted by molar-refractivity contribution is 5.69. The van der Waals surface area contributed by atoms with E-state index in [1.54, 1.807) is 0 Å². The van der Waals surface area contributed by atoms with Gasteiger partial charge in [0.15, 0.2) is 0 Å². The highest BCUT2D eigenvalue weighted by atomic mass is 16.6. The van der Waals surface area contributed by atoms with Crippen LogP contribution in [-0.2, 0) is 19.1 Å². The van der Waals surface area contributed by atoms with E-state index < -0.39 is 6.10 Å². The van der Waals surface area contributed by atoms with Crippen LogP contribution in [0, 0.1) is 5.92 Å². The van der Waals surface area contributed by atoms with Crippen LogP contribution in [0.15, 0.2) is 0 Å². The van der Waals surface area contributed by atoms with Gasteiger partial charge in [-0.2, -0.15) is 0 Å². The summed E-state index contributed by atoms with van der Waals surface area (Å²) in [5.74, 6) is 0.248. The number of carbonyl (C=O) groups is 2. The molecule has 0 heterocycles. The molecule has 29 heavy (non-hydrogen) atoms. The molecule has 0 bridgehead atoms. The molecule has 1 N–H and O–H groups in total. The predicted molar refractivity (Wildman–Crippen MR) is 118 cm³/mol. The zero-order valence-corrected chi connectivity index (χ0v) is 19.3. The third-order valence-corrected chi connectivity index (χ3v) is 5.38. The highest BCUT2D eigenvalue weighted by Gasteiger charge is 2.12.